The SMILES string of the molecule is CCNCC(C)C(=O)Cc1nc2ccccc2n1CC. The van der Waals surface area contributed by atoms with Gasteiger partial charge < -0.3 is 9.88 Å². The maximum Gasteiger partial charge on any atom is 0.144 e. The normalized spacial score (nSPS) is 12.8. The lowest BCUT2D eigenvalue weighted by atomic mass is 10.0. The van der Waals surface area contributed by atoms with Gasteiger partial charge in [0.1, 0.15) is 11.6 Å². The van der Waals surface area contributed by atoms with Crippen LogP contribution in [0.4, 0.5) is 0 Å². The minimum absolute atomic E-state index is 0.0278. The van der Waals surface area contributed by atoms with Crippen LogP contribution < -0.4 is 5.32 Å². The Balaban J connectivity index is 2.18. The van der Waals surface area contributed by atoms with Gasteiger partial charge in [0, 0.05) is 19.0 Å². The number of carbonyl (C=O) groups excluding carboxylic acids is 1. The maximum atomic E-state index is 12.3. The Labute approximate surface area is 120 Å². The van der Waals surface area contributed by atoms with Crippen molar-refractivity contribution in [3.05, 3.63) is 30.1 Å². The van der Waals surface area contributed by atoms with Crippen LogP contribution in [0, 0.1) is 5.92 Å². The molecule has 1 atom stereocenters. The zero-order valence-corrected chi connectivity index (χ0v) is 12.5. The third kappa shape index (κ3) is 3.07. The highest BCUT2D eigenvalue weighted by Crippen LogP contribution is 2.17. The van der Waals surface area contributed by atoms with Gasteiger partial charge in [0.25, 0.3) is 0 Å². The molecule has 0 amide bonds. The zero-order valence-electron chi connectivity index (χ0n) is 12.5. The lowest BCUT2D eigenvalue weighted by molar-refractivity contribution is -0.121. The van der Waals surface area contributed by atoms with E-state index in [9.17, 15) is 4.79 Å². The Morgan fingerprint density at radius 2 is 2.10 bits per heavy atom. The van der Waals surface area contributed by atoms with Gasteiger partial charge in [-0.05, 0) is 25.6 Å². The van der Waals surface area contributed by atoms with Gasteiger partial charge in [-0.1, -0.05) is 26.0 Å². The van der Waals surface area contributed by atoms with Crippen LogP contribution in [0.15, 0.2) is 24.3 Å². The predicted molar refractivity (Wildman–Crippen MR) is 81.8 cm³/mol. The monoisotopic (exact) mass is 273 g/mol. The summed E-state index contributed by atoms with van der Waals surface area (Å²) < 4.78 is 2.13. The number of carbonyl (C=O) groups is 1. The highest BCUT2D eigenvalue weighted by Gasteiger charge is 2.17. The van der Waals surface area contributed by atoms with E-state index in [4.69, 9.17) is 0 Å². The van der Waals surface area contributed by atoms with E-state index < -0.39 is 0 Å². The van der Waals surface area contributed by atoms with Gasteiger partial charge in [0.2, 0.25) is 0 Å². The van der Waals surface area contributed by atoms with Crippen molar-refractivity contribution in [3.63, 3.8) is 0 Å². The summed E-state index contributed by atoms with van der Waals surface area (Å²) in [6.45, 7) is 8.58. The molecule has 0 aliphatic heterocycles. The number of aryl methyl sites for hydroxylation is 1. The van der Waals surface area contributed by atoms with E-state index in [1.165, 1.54) is 0 Å². The van der Waals surface area contributed by atoms with Crippen LogP contribution in [0.3, 0.4) is 0 Å². The molecule has 0 saturated carbocycles. The fraction of sp³-hybridized carbons (Fsp3) is 0.500. The fourth-order valence-corrected chi connectivity index (χ4v) is 2.42. The van der Waals surface area contributed by atoms with Gasteiger partial charge in [-0.15, -0.1) is 0 Å². The summed E-state index contributed by atoms with van der Waals surface area (Å²) in [5, 5.41) is 3.22. The minimum Gasteiger partial charge on any atom is -0.328 e. The number of nitrogens with zero attached hydrogens (tertiary/aromatic N) is 2. The van der Waals surface area contributed by atoms with Crippen molar-refractivity contribution in [1.82, 2.24) is 14.9 Å². The molecule has 0 saturated heterocycles. The van der Waals surface area contributed by atoms with Crippen molar-refractivity contribution in [2.45, 2.75) is 33.7 Å². The van der Waals surface area contributed by atoms with Crippen LogP contribution >= 0.6 is 0 Å². The second-order valence-electron chi connectivity index (χ2n) is 5.11. The number of fused-ring (bicyclic) bond motifs is 1. The zero-order chi connectivity index (χ0) is 14.5. The third-order valence-electron chi connectivity index (χ3n) is 3.63. The molecule has 20 heavy (non-hydrogen) atoms. The Morgan fingerprint density at radius 3 is 2.80 bits per heavy atom. The van der Waals surface area contributed by atoms with E-state index in [0.29, 0.717) is 6.42 Å². The first-order valence-corrected chi connectivity index (χ1v) is 7.34. The van der Waals surface area contributed by atoms with E-state index in [1.807, 2.05) is 32.0 Å². The van der Waals surface area contributed by atoms with Crippen LogP contribution in [0.1, 0.15) is 26.6 Å². The van der Waals surface area contributed by atoms with Crippen molar-refractivity contribution in [1.29, 1.82) is 0 Å². The van der Waals surface area contributed by atoms with Gasteiger partial charge in [-0.2, -0.15) is 0 Å². The van der Waals surface area contributed by atoms with E-state index in [2.05, 4.69) is 27.9 Å². The molecular formula is C16H23N3O. The summed E-state index contributed by atoms with van der Waals surface area (Å²) in [6.07, 6.45) is 0.412. The molecule has 1 N–H and O–H groups in total. The van der Waals surface area contributed by atoms with Crippen molar-refractivity contribution in [3.8, 4) is 0 Å². The smallest absolute Gasteiger partial charge is 0.144 e. The molecule has 0 aliphatic rings. The molecule has 0 spiro atoms. The van der Waals surface area contributed by atoms with E-state index >= 15 is 0 Å². The molecule has 0 fully saturated rings. The second-order valence-corrected chi connectivity index (χ2v) is 5.11. The number of imidazole rings is 1. The third-order valence-corrected chi connectivity index (χ3v) is 3.63. The molecule has 4 heteroatoms. The average molecular weight is 273 g/mol. The Morgan fingerprint density at radius 1 is 1.35 bits per heavy atom. The van der Waals surface area contributed by atoms with Gasteiger partial charge >= 0.3 is 0 Å². The van der Waals surface area contributed by atoms with Crippen molar-refractivity contribution in [2.75, 3.05) is 13.1 Å². The molecule has 2 rings (SSSR count). The summed E-state index contributed by atoms with van der Waals surface area (Å²) in [5.41, 5.74) is 2.08. The van der Waals surface area contributed by atoms with Gasteiger partial charge in [0.05, 0.1) is 17.5 Å². The number of ketones is 1. The molecule has 0 bridgehead atoms. The highest BCUT2D eigenvalue weighted by molar-refractivity contribution is 5.84. The summed E-state index contributed by atoms with van der Waals surface area (Å²) in [7, 11) is 0. The Kier molecular flexibility index (Phi) is 4.90. The molecular weight excluding hydrogens is 250 g/mol. The molecule has 1 aromatic heterocycles. The van der Waals surface area contributed by atoms with Crippen LogP contribution in [0.25, 0.3) is 11.0 Å². The molecule has 1 aromatic carbocycles. The lowest BCUT2D eigenvalue weighted by Gasteiger charge is -2.11. The van der Waals surface area contributed by atoms with Gasteiger partial charge in [-0.3, -0.25) is 4.79 Å². The van der Waals surface area contributed by atoms with E-state index in [0.717, 1.165) is 36.5 Å². The van der Waals surface area contributed by atoms with Crippen LogP contribution in [0.2, 0.25) is 0 Å². The number of hydrogen-bond donors (Lipinski definition) is 1. The average Bonchev–Trinajstić information content (AvgIpc) is 2.81. The number of benzene rings is 1. The van der Waals surface area contributed by atoms with Crippen molar-refractivity contribution < 1.29 is 4.79 Å². The van der Waals surface area contributed by atoms with E-state index in [1.54, 1.807) is 0 Å². The molecule has 1 unspecified atom stereocenters. The first kappa shape index (κ1) is 14.7. The summed E-state index contributed by atoms with van der Waals surface area (Å²) in [4.78, 5) is 16.9. The first-order valence-electron chi connectivity index (χ1n) is 7.34. The first-order chi connectivity index (χ1) is 9.67. The number of aromatic nitrogens is 2. The summed E-state index contributed by atoms with van der Waals surface area (Å²) in [6, 6.07) is 8.05. The van der Waals surface area contributed by atoms with Gasteiger partial charge in [-0.25, -0.2) is 4.98 Å². The number of nitrogens with one attached hydrogen (secondary N) is 1. The fourth-order valence-electron chi connectivity index (χ4n) is 2.42. The van der Waals surface area contributed by atoms with Crippen molar-refractivity contribution >= 4 is 16.8 Å². The van der Waals surface area contributed by atoms with E-state index in [-0.39, 0.29) is 11.7 Å². The van der Waals surface area contributed by atoms with Crippen molar-refractivity contribution in [2.24, 2.45) is 5.92 Å². The Hall–Kier alpha value is -1.68. The minimum atomic E-state index is 0.0278. The summed E-state index contributed by atoms with van der Waals surface area (Å²) in [5.74, 6) is 1.15. The highest BCUT2D eigenvalue weighted by atomic mass is 16.1. The Bertz CT molecular complexity index is 588. The number of hydrogen-bond acceptors (Lipinski definition) is 3. The van der Waals surface area contributed by atoms with Crippen LogP contribution in [0.5, 0.6) is 0 Å². The largest absolute Gasteiger partial charge is 0.328 e. The lowest BCUT2D eigenvalue weighted by Crippen LogP contribution is -2.28. The van der Waals surface area contributed by atoms with Gasteiger partial charge in [0.15, 0.2) is 0 Å². The standard InChI is InChI=1S/C16H23N3O/c1-4-17-11-12(3)15(20)10-16-18-13-8-6-7-9-14(13)19(16)5-2/h6-9,12,17H,4-5,10-11H2,1-3H3. The number of para-hydroxylation sites is 2. The van der Waals surface area contributed by atoms with Crippen LogP contribution in [-0.4, -0.2) is 28.4 Å². The topological polar surface area (TPSA) is 46.9 Å². The van der Waals surface area contributed by atoms with Crippen LogP contribution in [-0.2, 0) is 17.8 Å². The molecule has 0 radical (unpaired) electrons. The number of Topliss-reactive ketones (excluding diaryl/α,β-unsaturated/α-hetero) is 1. The molecule has 0 aliphatic carbocycles. The predicted octanol–water partition coefficient (Wildman–Crippen LogP) is 2.41. The molecule has 4 nitrogen and oxygen atoms in total. The maximum absolute atomic E-state index is 12.3. The quantitative estimate of drug-likeness (QED) is 0.842. The molecule has 108 valence electrons. The molecule has 2 aromatic rings. The summed E-state index contributed by atoms with van der Waals surface area (Å²) >= 11 is 0. The molecule has 1 heterocycles. The second kappa shape index (κ2) is 6.66. The number of rotatable bonds is 7.